The van der Waals surface area contributed by atoms with E-state index in [0.717, 1.165) is 19.3 Å². The van der Waals surface area contributed by atoms with Crippen molar-refractivity contribution in [1.29, 1.82) is 5.26 Å². The standard InChI is InChI=1S/C21H31N5O2S/c1-20(2,3)18(29-4)19(28)26-13-15(8-21(26)6-5-7-21)10-23-17(27)14-25-12-16(9-22)11-24-25/h11-12,15,18H,5-8,10,13-14H2,1-4H3,(H,23,27). The van der Waals surface area contributed by atoms with E-state index in [1.165, 1.54) is 17.3 Å². The molecule has 2 fully saturated rings. The summed E-state index contributed by atoms with van der Waals surface area (Å²) in [5, 5.41) is 15.8. The summed E-state index contributed by atoms with van der Waals surface area (Å²) >= 11 is 1.64. The van der Waals surface area contributed by atoms with Crippen molar-refractivity contribution < 1.29 is 9.59 Å². The van der Waals surface area contributed by atoms with Gasteiger partial charge in [0.2, 0.25) is 11.8 Å². The quantitative estimate of drug-likeness (QED) is 0.768. The van der Waals surface area contributed by atoms with Gasteiger partial charge in [-0.15, -0.1) is 0 Å². The van der Waals surface area contributed by atoms with Crippen molar-refractivity contribution in [3.8, 4) is 6.07 Å². The lowest BCUT2D eigenvalue weighted by atomic mass is 9.73. The number of amides is 2. The molecule has 2 heterocycles. The van der Waals surface area contributed by atoms with Crippen molar-refractivity contribution in [3.05, 3.63) is 18.0 Å². The highest BCUT2D eigenvalue weighted by Gasteiger charge is 2.53. The summed E-state index contributed by atoms with van der Waals surface area (Å²) < 4.78 is 1.47. The van der Waals surface area contributed by atoms with Crippen LogP contribution in [0.4, 0.5) is 0 Å². The van der Waals surface area contributed by atoms with Crippen molar-refractivity contribution in [2.45, 2.75) is 63.8 Å². The van der Waals surface area contributed by atoms with E-state index in [9.17, 15) is 9.59 Å². The molecule has 3 rings (SSSR count). The summed E-state index contributed by atoms with van der Waals surface area (Å²) in [5.74, 6) is 0.402. The van der Waals surface area contributed by atoms with Gasteiger partial charge in [0, 0.05) is 24.8 Å². The minimum atomic E-state index is -0.123. The molecule has 1 spiro atoms. The number of hydrogen-bond donors (Lipinski definition) is 1. The van der Waals surface area contributed by atoms with E-state index in [1.54, 1.807) is 18.0 Å². The third-order valence-corrected chi connectivity index (χ3v) is 7.51. The molecule has 0 aromatic carbocycles. The van der Waals surface area contributed by atoms with Crippen LogP contribution in [0.3, 0.4) is 0 Å². The number of nitrogens with zero attached hydrogens (tertiary/aromatic N) is 4. The Morgan fingerprint density at radius 2 is 2.17 bits per heavy atom. The zero-order valence-corrected chi connectivity index (χ0v) is 18.6. The molecule has 2 atom stereocenters. The van der Waals surface area contributed by atoms with Gasteiger partial charge < -0.3 is 10.2 Å². The molecule has 2 aliphatic rings. The molecule has 29 heavy (non-hydrogen) atoms. The van der Waals surface area contributed by atoms with Gasteiger partial charge in [-0.3, -0.25) is 14.3 Å². The average molecular weight is 418 g/mol. The highest BCUT2D eigenvalue weighted by Crippen LogP contribution is 2.48. The number of nitriles is 1. The second-order valence-corrected chi connectivity index (χ2v) is 10.4. The Balaban J connectivity index is 1.59. The van der Waals surface area contributed by atoms with E-state index in [2.05, 4.69) is 36.1 Å². The van der Waals surface area contributed by atoms with Gasteiger partial charge in [0.1, 0.15) is 12.6 Å². The number of aromatic nitrogens is 2. The number of hydrogen-bond acceptors (Lipinski definition) is 5. The molecule has 1 aromatic heterocycles. The molecule has 0 bridgehead atoms. The topological polar surface area (TPSA) is 91.0 Å². The van der Waals surface area contributed by atoms with Crippen LogP contribution in [0.15, 0.2) is 12.4 Å². The van der Waals surface area contributed by atoms with E-state index < -0.39 is 0 Å². The van der Waals surface area contributed by atoms with Crippen molar-refractivity contribution >= 4 is 23.6 Å². The zero-order valence-electron chi connectivity index (χ0n) is 17.8. The lowest BCUT2D eigenvalue weighted by molar-refractivity contribution is -0.139. The maximum atomic E-state index is 13.4. The molecule has 1 N–H and O–H groups in total. The summed E-state index contributed by atoms with van der Waals surface area (Å²) in [6, 6.07) is 2.00. The summed E-state index contributed by atoms with van der Waals surface area (Å²) in [6.07, 6.45) is 9.30. The Kier molecular flexibility index (Phi) is 6.27. The van der Waals surface area contributed by atoms with Gasteiger partial charge in [-0.1, -0.05) is 20.8 Å². The summed E-state index contributed by atoms with van der Waals surface area (Å²) in [4.78, 5) is 27.8. The molecule has 2 unspecified atom stereocenters. The average Bonchev–Trinajstić information content (AvgIpc) is 3.23. The minimum absolute atomic E-state index is 0.00458. The van der Waals surface area contributed by atoms with Gasteiger partial charge in [0.15, 0.2) is 0 Å². The fourth-order valence-electron chi connectivity index (χ4n) is 4.62. The lowest BCUT2D eigenvalue weighted by Crippen LogP contribution is -2.55. The van der Waals surface area contributed by atoms with Gasteiger partial charge in [0.25, 0.3) is 0 Å². The van der Waals surface area contributed by atoms with Crippen molar-refractivity contribution in [2.24, 2.45) is 11.3 Å². The smallest absolute Gasteiger partial charge is 0.241 e. The Morgan fingerprint density at radius 3 is 2.69 bits per heavy atom. The van der Waals surface area contributed by atoms with E-state index in [4.69, 9.17) is 5.26 Å². The number of nitrogens with one attached hydrogen (secondary N) is 1. The van der Waals surface area contributed by atoms with Crippen LogP contribution in [0.2, 0.25) is 0 Å². The number of thioether (sulfide) groups is 1. The molecule has 8 heteroatoms. The molecule has 1 saturated carbocycles. The lowest BCUT2D eigenvalue weighted by Gasteiger charge is -2.47. The first-order valence-corrected chi connectivity index (χ1v) is 11.5. The zero-order chi connectivity index (χ0) is 21.2. The maximum Gasteiger partial charge on any atom is 0.241 e. The van der Waals surface area contributed by atoms with E-state index >= 15 is 0 Å². The Hall–Kier alpha value is -2.01. The first-order valence-electron chi connectivity index (χ1n) is 10.2. The molecule has 2 amide bonds. The van der Waals surface area contributed by atoms with Gasteiger partial charge in [-0.2, -0.15) is 22.1 Å². The van der Waals surface area contributed by atoms with Crippen LogP contribution in [-0.2, 0) is 16.1 Å². The molecule has 0 radical (unpaired) electrons. The Bertz CT molecular complexity index is 803. The molecule has 7 nitrogen and oxygen atoms in total. The predicted octanol–water partition coefficient (Wildman–Crippen LogP) is 2.42. The number of likely N-dealkylation sites (tertiary alicyclic amines) is 1. The number of carbonyl (C=O) groups excluding carboxylic acids is 2. The fourth-order valence-corrected chi connectivity index (χ4v) is 5.65. The summed E-state index contributed by atoms with van der Waals surface area (Å²) in [5.41, 5.74) is 0.353. The Labute approximate surface area is 177 Å². The van der Waals surface area contributed by atoms with Crippen LogP contribution in [0, 0.1) is 22.7 Å². The monoisotopic (exact) mass is 417 g/mol. The van der Waals surface area contributed by atoms with Crippen molar-refractivity contribution in [3.63, 3.8) is 0 Å². The van der Waals surface area contributed by atoms with Crippen LogP contribution in [0.1, 0.15) is 52.0 Å². The Morgan fingerprint density at radius 1 is 1.45 bits per heavy atom. The molecule has 158 valence electrons. The maximum absolute atomic E-state index is 13.4. The third kappa shape index (κ3) is 4.61. The predicted molar refractivity (Wildman–Crippen MR) is 113 cm³/mol. The second-order valence-electron chi connectivity index (χ2n) is 9.42. The number of rotatable bonds is 6. The SMILES string of the molecule is CSC(C(=O)N1CC(CNC(=O)Cn2cc(C#N)cn2)CC12CCC2)C(C)(C)C. The van der Waals surface area contributed by atoms with Gasteiger partial charge in [-0.05, 0) is 43.3 Å². The van der Waals surface area contributed by atoms with E-state index in [-0.39, 0.29) is 40.5 Å². The van der Waals surface area contributed by atoms with Crippen molar-refractivity contribution in [2.75, 3.05) is 19.3 Å². The van der Waals surface area contributed by atoms with Crippen LogP contribution in [-0.4, -0.2) is 56.6 Å². The first-order chi connectivity index (χ1) is 13.7. The van der Waals surface area contributed by atoms with Crippen molar-refractivity contribution in [1.82, 2.24) is 20.0 Å². The van der Waals surface area contributed by atoms with E-state index in [0.29, 0.717) is 18.7 Å². The number of carbonyl (C=O) groups is 2. The second kappa shape index (κ2) is 8.39. The minimum Gasteiger partial charge on any atom is -0.354 e. The van der Waals surface area contributed by atoms with E-state index in [1.807, 2.05) is 12.3 Å². The normalized spacial score (nSPS) is 21.5. The van der Waals surface area contributed by atoms with Crippen LogP contribution in [0.25, 0.3) is 0 Å². The fraction of sp³-hybridized carbons (Fsp3) is 0.714. The van der Waals surface area contributed by atoms with Crippen LogP contribution in [0.5, 0.6) is 0 Å². The largest absolute Gasteiger partial charge is 0.354 e. The molecule has 1 saturated heterocycles. The van der Waals surface area contributed by atoms with Gasteiger partial charge >= 0.3 is 0 Å². The molecule has 1 aliphatic heterocycles. The molecule has 1 aliphatic carbocycles. The molecular weight excluding hydrogens is 386 g/mol. The molecular formula is C21H31N5O2S. The third-order valence-electron chi connectivity index (χ3n) is 6.13. The van der Waals surface area contributed by atoms with Gasteiger partial charge in [0.05, 0.1) is 17.0 Å². The highest BCUT2D eigenvalue weighted by atomic mass is 32.2. The van der Waals surface area contributed by atoms with Gasteiger partial charge in [-0.25, -0.2) is 0 Å². The summed E-state index contributed by atoms with van der Waals surface area (Å²) in [7, 11) is 0. The van der Waals surface area contributed by atoms with Crippen LogP contribution < -0.4 is 5.32 Å². The summed E-state index contributed by atoms with van der Waals surface area (Å²) in [6.45, 7) is 7.75. The first kappa shape index (κ1) is 21.7. The highest BCUT2D eigenvalue weighted by molar-refractivity contribution is 8.00. The van der Waals surface area contributed by atoms with Crippen LogP contribution >= 0.6 is 11.8 Å². The molecule has 1 aromatic rings.